The van der Waals surface area contributed by atoms with Crippen LogP contribution in [0.25, 0.3) is 11.0 Å². The predicted octanol–water partition coefficient (Wildman–Crippen LogP) is 3.74. The van der Waals surface area contributed by atoms with Crippen LogP contribution in [0.4, 0.5) is 0 Å². The number of aryl methyl sites for hydroxylation is 2. The molecule has 0 saturated heterocycles. The van der Waals surface area contributed by atoms with E-state index in [1.54, 1.807) is 19.0 Å². The van der Waals surface area contributed by atoms with E-state index >= 15 is 0 Å². The number of hydrogen-bond donors (Lipinski definition) is 2. The molecule has 172 valence electrons. The fraction of sp³-hybridized carbons (Fsp3) is 0.375. The minimum Gasteiger partial charge on any atom is -0.356 e. The lowest BCUT2D eigenvalue weighted by atomic mass is 10.1. The number of benzene rings is 2. The van der Waals surface area contributed by atoms with Crippen LogP contribution in [0, 0.1) is 6.92 Å². The van der Waals surface area contributed by atoms with E-state index in [0.717, 1.165) is 41.9 Å². The van der Waals surface area contributed by atoms with Crippen molar-refractivity contribution in [3.8, 4) is 0 Å². The first-order valence-corrected chi connectivity index (χ1v) is 10.7. The van der Waals surface area contributed by atoms with E-state index in [0.29, 0.717) is 5.96 Å². The van der Waals surface area contributed by atoms with Crippen molar-refractivity contribution >= 4 is 46.9 Å². The minimum absolute atomic E-state index is 0. The topological polar surface area (TPSA) is 74.5 Å². The van der Waals surface area contributed by atoms with E-state index < -0.39 is 0 Å². The number of aromatic nitrogens is 2. The number of fused-ring (bicyclic) bond motifs is 1. The Labute approximate surface area is 207 Å². The van der Waals surface area contributed by atoms with Crippen LogP contribution >= 0.6 is 24.0 Å². The summed E-state index contributed by atoms with van der Waals surface area (Å²) in [5.41, 5.74) is 3.34. The van der Waals surface area contributed by atoms with Crippen LogP contribution in [0.3, 0.4) is 0 Å². The average molecular weight is 548 g/mol. The second-order valence-corrected chi connectivity index (χ2v) is 7.81. The largest absolute Gasteiger partial charge is 0.356 e. The van der Waals surface area contributed by atoms with Crippen LogP contribution in [0.1, 0.15) is 30.8 Å². The van der Waals surface area contributed by atoms with Crippen LogP contribution in [0.5, 0.6) is 0 Å². The highest BCUT2D eigenvalue weighted by Crippen LogP contribution is 2.15. The first-order valence-electron chi connectivity index (χ1n) is 10.7. The molecule has 0 radical (unpaired) electrons. The number of imidazole rings is 1. The van der Waals surface area contributed by atoms with Crippen LogP contribution in [-0.4, -0.2) is 53.5 Å². The minimum atomic E-state index is -0.0334. The van der Waals surface area contributed by atoms with Crippen molar-refractivity contribution in [2.24, 2.45) is 4.99 Å². The van der Waals surface area contributed by atoms with Crippen molar-refractivity contribution in [2.45, 2.75) is 32.9 Å². The van der Waals surface area contributed by atoms with E-state index in [1.807, 2.05) is 43.3 Å². The first-order chi connectivity index (χ1) is 15.0. The maximum atomic E-state index is 12.0. The van der Waals surface area contributed by atoms with Crippen LogP contribution in [-0.2, 0) is 11.3 Å². The molecule has 1 amide bonds. The summed E-state index contributed by atoms with van der Waals surface area (Å²) in [5.74, 6) is 1.62. The summed E-state index contributed by atoms with van der Waals surface area (Å²) in [5, 5.41) is 6.79. The molecule has 1 heterocycles. The van der Waals surface area contributed by atoms with Gasteiger partial charge in [-0.3, -0.25) is 4.79 Å². The van der Waals surface area contributed by atoms with Gasteiger partial charge in [0.05, 0.1) is 17.1 Å². The molecule has 3 rings (SSSR count). The fourth-order valence-electron chi connectivity index (χ4n) is 3.39. The number of nitrogens with zero attached hydrogens (tertiary/aromatic N) is 4. The molecule has 1 atom stereocenters. The van der Waals surface area contributed by atoms with E-state index in [-0.39, 0.29) is 42.5 Å². The zero-order valence-corrected chi connectivity index (χ0v) is 21.5. The highest BCUT2D eigenvalue weighted by Gasteiger charge is 2.10. The summed E-state index contributed by atoms with van der Waals surface area (Å²) in [4.78, 5) is 22.7. The van der Waals surface area contributed by atoms with Gasteiger partial charge in [-0.1, -0.05) is 42.5 Å². The normalized spacial score (nSPS) is 12.2. The van der Waals surface area contributed by atoms with Gasteiger partial charge in [-0.25, -0.2) is 9.98 Å². The van der Waals surface area contributed by atoms with Gasteiger partial charge in [0.15, 0.2) is 5.96 Å². The molecule has 2 aromatic carbocycles. The molecule has 7 nitrogen and oxygen atoms in total. The highest BCUT2D eigenvalue weighted by molar-refractivity contribution is 14.0. The molecule has 3 aromatic rings. The Bertz CT molecular complexity index is 1030. The van der Waals surface area contributed by atoms with Crippen molar-refractivity contribution < 1.29 is 4.79 Å². The number of carbonyl (C=O) groups excluding carboxylic acids is 1. The molecule has 0 spiro atoms. The number of nitrogens with one attached hydrogen (secondary N) is 2. The van der Waals surface area contributed by atoms with Crippen LogP contribution in [0.15, 0.2) is 59.6 Å². The van der Waals surface area contributed by atoms with Gasteiger partial charge in [-0.2, -0.15) is 0 Å². The summed E-state index contributed by atoms with van der Waals surface area (Å²) in [6, 6.07) is 18.5. The molecule has 0 saturated carbocycles. The number of amides is 1. The third-order valence-corrected chi connectivity index (χ3v) is 5.22. The number of hydrogen-bond acceptors (Lipinski definition) is 3. The van der Waals surface area contributed by atoms with Crippen molar-refractivity contribution in [2.75, 3.05) is 27.2 Å². The maximum Gasteiger partial charge on any atom is 0.243 e. The molecule has 1 aromatic heterocycles. The van der Waals surface area contributed by atoms with E-state index in [4.69, 9.17) is 0 Å². The summed E-state index contributed by atoms with van der Waals surface area (Å²) < 4.78 is 2.24. The molecule has 8 heteroatoms. The van der Waals surface area contributed by atoms with Gasteiger partial charge >= 0.3 is 0 Å². The lowest BCUT2D eigenvalue weighted by Gasteiger charge is -2.19. The van der Waals surface area contributed by atoms with Crippen molar-refractivity contribution in [3.63, 3.8) is 0 Å². The van der Waals surface area contributed by atoms with Gasteiger partial charge in [0.2, 0.25) is 5.91 Å². The molecular weight excluding hydrogens is 515 g/mol. The van der Waals surface area contributed by atoms with Crippen molar-refractivity contribution in [3.05, 3.63) is 66.0 Å². The molecular formula is C24H33IN6O. The second kappa shape index (κ2) is 12.4. The van der Waals surface area contributed by atoms with Gasteiger partial charge in [0.25, 0.3) is 0 Å². The average Bonchev–Trinajstić information content (AvgIpc) is 3.09. The molecule has 0 aliphatic rings. The van der Waals surface area contributed by atoms with Gasteiger partial charge in [-0.15, -0.1) is 24.0 Å². The van der Waals surface area contributed by atoms with Crippen LogP contribution in [0.2, 0.25) is 0 Å². The first kappa shape index (κ1) is 25.6. The Morgan fingerprint density at radius 3 is 2.53 bits per heavy atom. The van der Waals surface area contributed by atoms with Gasteiger partial charge < -0.3 is 20.1 Å². The predicted molar refractivity (Wildman–Crippen MR) is 141 cm³/mol. The molecule has 32 heavy (non-hydrogen) atoms. The Hall–Kier alpha value is -2.62. The van der Waals surface area contributed by atoms with E-state index in [1.165, 1.54) is 0 Å². The fourth-order valence-corrected chi connectivity index (χ4v) is 3.39. The number of rotatable bonds is 8. The summed E-state index contributed by atoms with van der Waals surface area (Å²) in [7, 11) is 3.48. The van der Waals surface area contributed by atoms with Crippen LogP contribution < -0.4 is 10.6 Å². The molecule has 0 aliphatic heterocycles. The molecule has 0 aliphatic carbocycles. The van der Waals surface area contributed by atoms with Gasteiger partial charge in [-0.05, 0) is 38.0 Å². The lowest BCUT2D eigenvalue weighted by molar-refractivity contribution is -0.127. The quantitative estimate of drug-likeness (QED) is 0.195. The number of carbonyl (C=O) groups is 1. The number of likely N-dealkylation sites (N-methyl/N-ethyl adjacent to an activating group) is 1. The smallest absolute Gasteiger partial charge is 0.243 e. The molecule has 0 bridgehead atoms. The summed E-state index contributed by atoms with van der Waals surface area (Å²) in [6.45, 7) is 5.82. The molecule has 0 fully saturated rings. The number of para-hydroxylation sites is 2. The number of halogens is 1. The Kier molecular flexibility index (Phi) is 9.96. The Morgan fingerprint density at radius 2 is 1.81 bits per heavy atom. The highest BCUT2D eigenvalue weighted by atomic mass is 127. The lowest BCUT2D eigenvalue weighted by Crippen LogP contribution is -2.40. The Balaban J connectivity index is 0.00000363. The summed E-state index contributed by atoms with van der Waals surface area (Å²) >= 11 is 0. The van der Waals surface area contributed by atoms with Gasteiger partial charge in [0.1, 0.15) is 12.4 Å². The zero-order valence-electron chi connectivity index (χ0n) is 19.2. The monoisotopic (exact) mass is 548 g/mol. The number of guanidine groups is 1. The maximum absolute atomic E-state index is 12.0. The van der Waals surface area contributed by atoms with Gasteiger partial charge in [0, 0.05) is 27.2 Å². The van der Waals surface area contributed by atoms with Crippen molar-refractivity contribution in [1.82, 2.24) is 25.1 Å². The van der Waals surface area contributed by atoms with E-state index in [9.17, 15) is 4.79 Å². The second-order valence-electron chi connectivity index (χ2n) is 7.81. The third kappa shape index (κ3) is 6.94. The summed E-state index contributed by atoms with van der Waals surface area (Å²) in [6.07, 6.45) is 0.906. The molecule has 2 N–H and O–H groups in total. The molecule has 1 unspecified atom stereocenters. The standard InChI is InChI=1S/C24H32N6O.HI/c1-18(20-11-6-5-7-12-20)27-24(26-17-23(31)29(3)4)25-15-10-16-30-19(2)28-21-13-8-9-14-22(21)30;/h5-9,11-14,18H,10,15-17H2,1-4H3,(H2,25,26,27);1H. The Morgan fingerprint density at radius 1 is 1.12 bits per heavy atom. The number of aliphatic imine (C=N–C) groups is 1. The third-order valence-electron chi connectivity index (χ3n) is 5.22. The van der Waals surface area contributed by atoms with Crippen molar-refractivity contribution in [1.29, 1.82) is 0 Å². The van der Waals surface area contributed by atoms with E-state index in [2.05, 4.69) is 50.3 Å². The zero-order chi connectivity index (χ0) is 22.2. The SMILES string of the molecule is Cc1nc2ccccc2n1CCCNC(=NCC(=O)N(C)C)NC(C)c1ccccc1.I.